The Morgan fingerprint density at radius 1 is 1.44 bits per heavy atom. The molecule has 0 spiro atoms. The van der Waals surface area contributed by atoms with E-state index >= 15 is 0 Å². The van der Waals surface area contributed by atoms with Gasteiger partial charge in [-0.3, -0.25) is 9.89 Å². The van der Waals surface area contributed by atoms with Gasteiger partial charge in [0.15, 0.2) is 5.82 Å². The lowest BCUT2D eigenvalue weighted by molar-refractivity contribution is -0.121. The normalized spacial score (nSPS) is 10.1. The molecule has 0 atom stereocenters. The minimum atomic E-state index is -0.176. The molecule has 88 valence electrons. The monoisotopic (exact) mass is 223 g/mol. The van der Waals surface area contributed by atoms with Gasteiger partial charge in [0.2, 0.25) is 5.91 Å². The fourth-order valence-electron chi connectivity index (χ4n) is 1.32. The standard InChI is InChI=1S/C11H17N3O2/c1-3-4-9-7-10(14-13-9)12-11(16)6-5-8(2)15/h7H,3-6H2,1-2H3,(H2,12,13,14,16). The molecule has 5 nitrogen and oxygen atoms in total. The number of carbonyl (C=O) groups excluding carboxylic acids is 2. The Hall–Kier alpha value is -1.65. The van der Waals surface area contributed by atoms with Crippen LogP contribution in [-0.4, -0.2) is 21.9 Å². The predicted molar refractivity (Wildman–Crippen MR) is 61.1 cm³/mol. The molecule has 16 heavy (non-hydrogen) atoms. The Morgan fingerprint density at radius 3 is 2.81 bits per heavy atom. The first kappa shape index (κ1) is 12.4. The number of Topliss-reactive ketones (excluding diaryl/α,β-unsaturated/α-hetero) is 1. The molecule has 5 heteroatoms. The number of aryl methyl sites for hydroxylation is 1. The van der Waals surface area contributed by atoms with Crippen molar-refractivity contribution in [2.24, 2.45) is 0 Å². The molecule has 0 bridgehead atoms. The van der Waals surface area contributed by atoms with Gasteiger partial charge < -0.3 is 10.1 Å². The molecule has 0 saturated carbocycles. The number of carbonyl (C=O) groups is 2. The summed E-state index contributed by atoms with van der Waals surface area (Å²) in [7, 11) is 0. The van der Waals surface area contributed by atoms with Crippen LogP contribution in [-0.2, 0) is 16.0 Å². The van der Waals surface area contributed by atoms with Crippen LogP contribution < -0.4 is 5.32 Å². The number of H-pyrrole nitrogens is 1. The number of hydrogen-bond donors (Lipinski definition) is 2. The van der Waals surface area contributed by atoms with Crippen LogP contribution in [0.25, 0.3) is 0 Å². The fourth-order valence-corrected chi connectivity index (χ4v) is 1.32. The maximum Gasteiger partial charge on any atom is 0.226 e. The maximum atomic E-state index is 11.4. The van der Waals surface area contributed by atoms with E-state index in [1.165, 1.54) is 6.92 Å². The summed E-state index contributed by atoms with van der Waals surface area (Å²) < 4.78 is 0. The fraction of sp³-hybridized carbons (Fsp3) is 0.545. The number of hydrogen-bond acceptors (Lipinski definition) is 3. The van der Waals surface area contributed by atoms with E-state index in [0.29, 0.717) is 5.82 Å². The van der Waals surface area contributed by atoms with Gasteiger partial charge in [-0.25, -0.2) is 0 Å². The van der Waals surface area contributed by atoms with E-state index in [9.17, 15) is 9.59 Å². The van der Waals surface area contributed by atoms with Crippen molar-refractivity contribution in [3.05, 3.63) is 11.8 Å². The molecule has 0 aliphatic rings. The van der Waals surface area contributed by atoms with E-state index in [-0.39, 0.29) is 24.5 Å². The highest BCUT2D eigenvalue weighted by molar-refractivity contribution is 5.92. The number of aromatic nitrogens is 2. The second-order valence-electron chi connectivity index (χ2n) is 3.78. The molecule has 1 aromatic rings. The summed E-state index contributed by atoms with van der Waals surface area (Å²) in [6.45, 7) is 3.55. The number of ketones is 1. The minimum Gasteiger partial charge on any atom is -0.309 e. The molecule has 0 saturated heterocycles. The van der Waals surface area contributed by atoms with Crippen LogP contribution in [0.4, 0.5) is 5.82 Å². The third-order valence-electron chi connectivity index (χ3n) is 2.12. The van der Waals surface area contributed by atoms with Gasteiger partial charge in [0, 0.05) is 24.6 Å². The SMILES string of the molecule is CCCc1cc(NC(=O)CCC(C)=O)n[nH]1. The largest absolute Gasteiger partial charge is 0.309 e. The van der Waals surface area contributed by atoms with E-state index in [4.69, 9.17) is 0 Å². The number of rotatable bonds is 6. The van der Waals surface area contributed by atoms with Crippen LogP contribution in [0.5, 0.6) is 0 Å². The van der Waals surface area contributed by atoms with E-state index in [0.717, 1.165) is 18.5 Å². The second kappa shape index (κ2) is 6.05. The van der Waals surface area contributed by atoms with E-state index in [2.05, 4.69) is 22.4 Å². The lowest BCUT2D eigenvalue weighted by Gasteiger charge is -1.98. The summed E-state index contributed by atoms with van der Waals surface area (Å²) in [6.07, 6.45) is 2.43. The molecular weight excluding hydrogens is 206 g/mol. The quantitative estimate of drug-likeness (QED) is 0.770. The minimum absolute atomic E-state index is 0.0175. The number of aromatic amines is 1. The van der Waals surface area contributed by atoms with Crippen molar-refractivity contribution in [3.63, 3.8) is 0 Å². The van der Waals surface area contributed by atoms with Gasteiger partial charge in [0.25, 0.3) is 0 Å². The maximum absolute atomic E-state index is 11.4. The van der Waals surface area contributed by atoms with Crippen LogP contribution in [0, 0.1) is 0 Å². The van der Waals surface area contributed by atoms with Crippen LogP contribution in [0.2, 0.25) is 0 Å². The van der Waals surface area contributed by atoms with Crippen molar-refractivity contribution in [1.82, 2.24) is 10.2 Å². The number of amides is 1. The van der Waals surface area contributed by atoms with Crippen molar-refractivity contribution in [1.29, 1.82) is 0 Å². The van der Waals surface area contributed by atoms with Crippen LogP contribution in [0.15, 0.2) is 6.07 Å². The average molecular weight is 223 g/mol. The highest BCUT2D eigenvalue weighted by Gasteiger charge is 2.06. The Labute approximate surface area is 94.6 Å². The Morgan fingerprint density at radius 2 is 2.19 bits per heavy atom. The molecule has 1 aromatic heterocycles. The van der Waals surface area contributed by atoms with E-state index < -0.39 is 0 Å². The Balaban J connectivity index is 2.40. The summed E-state index contributed by atoms with van der Waals surface area (Å²) in [4.78, 5) is 22.1. The number of anilines is 1. The Bertz CT molecular complexity index is 371. The van der Waals surface area contributed by atoms with Crippen LogP contribution in [0.1, 0.15) is 38.8 Å². The van der Waals surface area contributed by atoms with Gasteiger partial charge in [0.05, 0.1) is 0 Å². The zero-order valence-corrected chi connectivity index (χ0v) is 9.67. The van der Waals surface area contributed by atoms with Gasteiger partial charge in [-0.15, -0.1) is 0 Å². The van der Waals surface area contributed by atoms with E-state index in [1.54, 1.807) is 0 Å². The first-order chi connectivity index (χ1) is 7.61. The van der Waals surface area contributed by atoms with E-state index in [1.807, 2.05) is 6.07 Å². The summed E-state index contributed by atoms with van der Waals surface area (Å²) in [6, 6.07) is 1.81. The molecule has 0 aliphatic carbocycles. The molecule has 1 amide bonds. The molecule has 1 heterocycles. The van der Waals surface area contributed by atoms with Gasteiger partial charge in [0.1, 0.15) is 5.78 Å². The number of nitrogens with zero attached hydrogens (tertiary/aromatic N) is 1. The highest BCUT2D eigenvalue weighted by atomic mass is 16.2. The highest BCUT2D eigenvalue weighted by Crippen LogP contribution is 2.07. The average Bonchev–Trinajstić information content (AvgIpc) is 2.63. The van der Waals surface area contributed by atoms with Gasteiger partial charge in [-0.1, -0.05) is 13.3 Å². The number of nitrogens with one attached hydrogen (secondary N) is 2. The third kappa shape index (κ3) is 4.25. The van der Waals surface area contributed by atoms with Crippen molar-refractivity contribution in [3.8, 4) is 0 Å². The zero-order chi connectivity index (χ0) is 12.0. The topological polar surface area (TPSA) is 74.8 Å². The molecule has 1 rings (SSSR count). The molecule has 2 N–H and O–H groups in total. The summed E-state index contributed by atoms with van der Waals surface area (Å²) in [5, 5.41) is 9.45. The predicted octanol–water partition coefficient (Wildman–Crippen LogP) is 1.67. The van der Waals surface area contributed by atoms with Gasteiger partial charge in [-0.2, -0.15) is 5.10 Å². The summed E-state index contributed by atoms with van der Waals surface area (Å²) >= 11 is 0. The van der Waals surface area contributed by atoms with Crippen molar-refractivity contribution >= 4 is 17.5 Å². The lowest BCUT2D eigenvalue weighted by Crippen LogP contribution is -2.12. The summed E-state index contributed by atoms with van der Waals surface area (Å²) in [5.41, 5.74) is 1.00. The first-order valence-corrected chi connectivity index (χ1v) is 5.45. The summed E-state index contributed by atoms with van der Waals surface area (Å²) in [5.74, 6) is 0.366. The molecule has 0 unspecified atom stereocenters. The van der Waals surface area contributed by atoms with Gasteiger partial charge >= 0.3 is 0 Å². The molecule has 0 fully saturated rings. The second-order valence-corrected chi connectivity index (χ2v) is 3.78. The van der Waals surface area contributed by atoms with Crippen molar-refractivity contribution in [2.45, 2.75) is 39.5 Å². The van der Waals surface area contributed by atoms with Crippen molar-refractivity contribution < 1.29 is 9.59 Å². The van der Waals surface area contributed by atoms with Crippen LogP contribution in [0.3, 0.4) is 0 Å². The van der Waals surface area contributed by atoms with Crippen LogP contribution >= 0.6 is 0 Å². The zero-order valence-electron chi connectivity index (χ0n) is 9.67. The smallest absolute Gasteiger partial charge is 0.226 e. The third-order valence-corrected chi connectivity index (χ3v) is 2.12. The molecule has 0 aliphatic heterocycles. The Kier molecular flexibility index (Phi) is 4.69. The van der Waals surface area contributed by atoms with Crippen molar-refractivity contribution in [2.75, 3.05) is 5.32 Å². The first-order valence-electron chi connectivity index (χ1n) is 5.45. The van der Waals surface area contributed by atoms with Gasteiger partial charge in [-0.05, 0) is 13.3 Å². The molecular formula is C11H17N3O2. The molecule has 0 radical (unpaired) electrons. The molecule has 0 aromatic carbocycles. The lowest BCUT2D eigenvalue weighted by atomic mass is 10.2.